The topological polar surface area (TPSA) is 48.6 Å². The van der Waals surface area contributed by atoms with Crippen molar-refractivity contribution < 1.29 is 9.53 Å². The monoisotopic (exact) mass is 337 g/mol. The van der Waals surface area contributed by atoms with E-state index in [-0.39, 0.29) is 6.03 Å². The second kappa shape index (κ2) is 6.76. The Morgan fingerprint density at radius 1 is 1.45 bits per heavy atom. The van der Waals surface area contributed by atoms with Gasteiger partial charge in [-0.15, -0.1) is 11.3 Å². The number of hydrogen-bond donors (Lipinski definition) is 1. The van der Waals surface area contributed by atoms with E-state index >= 15 is 0 Å². The Labute approximate surface area is 138 Å². The zero-order valence-electron chi connectivity index (χ0n) is 12.5. The first-order valence-electron chi connectivity index (χ1n) is 7.46. The average molecular weight is 337 g/mol. The molecule has 118 valence electrons. The molecule has 2 amide bonds. The number of carbonyl (C=O) groups excluding carboxylic acids is 1. The van der Waals surface area contributed by atoms with Gasteiger partial charge in [-0.25, -0.2) is 4.79 Å². The van der Waals surface area contributed by atoms with E-state index in [9.17, 15) is 4.79 Å². The number of aromatic nitrogens is 1. The Morgan fingerprint density at radius 3 is 2.95 bits per heavy atom. The van der Waals surface area contributed by atoms with Crippen molar-refractivity contribution >= 4 is 45.5 Å². The van der Waals surface area contributed by atoms with Gasteiger partial charge in [0.2, 0.25) is 0 Å². The van der Waals surface area contributed by atoms with Crippen molar-refractivity contribution in [3.8, 4) is 0 Å². The highest BCUT2D eigenvalue weighted by molar-refractivity contribution is 7.73. The van der Waals surface area contributed by atoms with E-state index in [1.54, 1.807) is 0 Å². The number of hydrogen-bond acceptors (Lipinski definition) is 4. The third kappa shape index (κ3) is 3.16. The van der Waals surface area contributed by atoms with Crippen LogP contribution < -0.4 is 4.90 Å². The Morgan fingerprint density at radius 2 is 2.23 bits per heavy atom. The smallest absolute Gasteiger partial charge is 0.324 e. The number of anilines is 1. The molecular weight excluding hydrogens is 318 g/mol. The molecule has 5 nitrogen and oxygen atoms in total. The van der Waals surface area contributed by atoms with Gasteiger partial charge in [0.1, 0.15) is 0 Å². The first-order chi connectivity index (χ1) is 10.7. The number of fused-ring (bicyclic) bond motifs is 1. The summed E-state index contributed by atoms with van der Waals surface area (Å²) in [5, 5.41) is 0. The van der Waals surface area contributed by atoms with Gasteiger partial charge in [0, 0.05) is 25.3 Å². The van der Waals surface area contributed by atoms with Crippen molar-refractivity contribution in [3.05, 3.63) is 22.2 Å². The number of benzene rings is 1. The minimum absolute atomic E-state index is 0.0589. The molecule has 0 unspecified atom stereocenters. The van der Waals surface area contributed by atoms with E-state index in [0.29, 0.717) is 32.8 Å². The normalized spacial score (nSPS) is 15.2. The van der Waals surface area contributed by atoms with Crippen LogP contribution in [0.4, 0.5) is 10.5 Å². The number of nitrogens with zero attached hydrogens (tertiary/aromatic N) is 2. The van der Waals surface area contributed by atoms with Gasteiger partial charge >= 0.3 is 6.03 Å². The standard InChI is InChI=1S/C15H19N3O2S2/c1-2-5-18(15(19)17-6-8-20-9-7-17)11-3-4-12-13(10-11)22-14(21)16-12/h3-4,10H,2,5-9H2,1H3,(H,16,21). The average Bonchev–Trinajstić information content (AvgIpc) is 2.92. The van der Waals surface area contributed by atoms with Gasteiger partial charge in [0.25, 0.3) is 0 Å². The number of rotatable bonds is 3. The molecule has 1 aromatic carbocycles. The maximum Gasteiger partial charge on any atom is 0.324 e. The molecule has 0 bridgehead atoms. The molecule has 0 atom stereocenters. The lowest BCUT2D eigenvalue weighted by atomic mass is 10.2. The van der Waals surface area contributed by atoms with Crippen molar-refractivity contribution in [2.24, 2.45) is 0 Å². The second-order valence-electron chi connectivity index (χ2n) is 5.23. The summed E-state index contributed by atoms with van der Waals surface area (Å²) in [7, 11) is 0. The van der Waals surface area contributed by atoms with Gasteiger partial charge in [-0.3, -0.25) is 4.90 Å². The summed E-state index contributed by atoms with van der Waals surface area (Å²) in [4.78, 5) is 19.7. The molecule has 22 heavy (non-hydrogen) atoms. The van der Waals surface area contributed by atoms with Crippen molar-refractivity contribution in [1.29, 1.82) is 0 Å². The molecule has 1 fully saturated rings. The number of aromatic amines is 1. The maximum absolute atomic E-state index is 12.8. The molecule has 3 rings (SSSR count). The fourth-order valence-electron chi connectivity index (χ4n) is 2.59. The molecule has 1 aromatic heterocycles. The van der Waals surface area contributed by atoms with Crippen LogP contribution in [0, 0.1) is 3.95 Å². The number of nitrogens with one attached hydrogen (secondary N) is 1. The third-order valence-corrected chi connectivity index (χ3v) is 4.87. The summed E-state index contributed by atoms with van der Waals surface area (Å²) in [6.45, 7) is 5.33. The van der Waals surface area contributed by atoms with Gasteiger partial charge in [-0.05, 0) is 36.8 Å². The second-order valence-corrected chi connectivity index (χ2v) is 6.95. The summed E-state index contributed by atoms with van der Waals surface area (Å²) >= 11 is 6.72. The molecule has 7 heteroatoms. The SMILES string of the molecule is CCCN(C(=O)N1CCOCC1)c1ccc2[nH]c(=S)sc2c1. The number of amides is 2. The van der Waals surface area contributed by atoms with E-state index in [0.717, 1.165) is 26.3 Å². The van der Waals surface area contributed by atoms with Crippen LogP contribution in [0.1, 0.15) is 13.3 Å². The lowest BCUT2D eigenvalue weighted by molar-refractivity contribution is 0.0548. The van der Waals surface area contributed by atoms with Crippen LogP contribution in [0.5, 0.6) is 0 Å². The predicted molar refractivity (Wildman–Crippen MR) is 92.4 cm³/mol. The van der Waals surface area contributed by atoms with Crippen LogP contribution >= 0.6 is 23.6 Å². The zero-order valence-corrected chi connectivity index (χ0v) is 14.1. The first-order valence-corrected chi connectivity index (χ1v) is 8.68. The fraction of sp³-hybridized carbons (Fsp3) is 0.467. The Hall–Kier alpha value is -1.44. The van der Waals surface area contributed by atoms with E-state index < -0.39 is 0 Å². The summed E-state index contributed by atoms with van der Waals surface area (Å²) in [6.07, 6.45) is 0.914. The minimum Gasteiger partial charge on any atom is -0.378 e. The number of carbonyl (C=O) groups is 1. The summed E-state index contributed by atoms with van der Waals surface area (Å²) in [6, 6.07) is 6.07. The molecule has 1 saturated heterocycles. The van der Waals surface area contributed by atoms with E-state index in [1.165, 1.54) is 11.3 Å². The van der Waals surface area contributed by atoms with E-state index in [4.69, 9.17) is 17.0 Å². The van der Waals surface area contributed by atoms with Crippen molar-refractivity contribution in [3.63, 3.8) is 0 Å². The van der Waals surface area contributed by atoms with Crippen LogP contribution in [0.3, 0.4) is 0 Å². The predicted octanol–water partition coefficient (Wildman–Crippen LogP) is 3.63. The Kier molecular flexibility index (Phi) is 4.75. The molecule has 0 radical (unpaired) electrons. The lowest BCUT2D eigenvalue weighted by Gasteiger charge is -2.33. The van der Waals surface area contributed by atoms with Crippen molar-refractivity contribution in [2.45, 2.75) is 13.3 Å². The number of thiazole rings is 1. The molecule has 0 spiro atoms. The van der Waals surface area contributed by atoms with E-state index in [1.807, 2.05) is 28.0 Å². The fourth-order valence-corrected chi connectivity index (χ4v) is 3.73. The molecule has 2 aromatic rings. The number of ether oxygens (including phenoxy) is 1. The highest BCUT2D eigenvalue weighted by Gasteiger charge is 2.23. The summed E-state index contributed by atoms with van der Waals surface area (Å²) in [5.41, 5.74) is 1.95. The minimum atomic E-state index is 0.0589. The number of urea groups is 1. The lowest BCUT2D eigenvalue weighted by Crippen LogP contribution is -2.48. The van der Waals surface area contributed by atoms with Gasteiger partial charge < -0.3 is 14.6 Å². The van der Waals surface area contributed by atoms with Gasteiger partial charge in [-0.2, -0.15) is 0 Å². The quantitative estimate of drug-likeness (QED) is 0.870. The zero-order chi connectivity index (χ0) is 15.5. The molecule has 1 aliphatic rings. The van der Waals surface area contributed by atoms with Gasteiger partial charge in [-0.1, -0.05) is 6.92 Å². The molecule has 1 aliphatic heterocycles. The van der Waals surface area contributed by atoms with Crippen molar-refractivity contribution in [2.75, 3.05) is 37.7 Å². The molecule has 0 aliphatic carbocycles. The van der Waals surface area contributed by atoms with Crippen LogP contribution in [0.25, 0.3) is 10.2 Å². The number of morpholine rings is 1. The van der Waals surface area contributed by atoms with E-state index in [2.05, 4.69) is 11.9 Å². The van der Waals surface area contributed by atoms with Gasteiger partial charge in [0.05, 0.1) is 23.4 Å². The largest absolute Gasteiger partial charge is 0.378 e. The Balaban J connectivity index is 1.90. The molecule has 2 heterocycles. The first kappa shape index (κ1) is 15.5. The third-order valence-electron chi connectivity index (χ3n) is 3.68. The maximum atomic E-state index is 12.8. The van der Waals surface area contributed by atoms with Crippen molar-refractivity contribution in [1.82, 2.24) is 9.88 Å². The highest BCUT2D eigenvalue weighted by Crippen LogP contribution is 2.26. The van der Waals surface area contributed by atoms with Gasteiger partial charge in [0.15, 0.2) is 3.95 Å². The molecule has 1 N–H and O–H groups in total. The van der Waals surface area contributed by atoms with Crippen LogP contribution in [-0.4, -0.2) is 48.8 Å². The Bertz CT molecular complexity index is 719. The van der Waals surface area contributed by atoms with Crippen LogP contribution in [0.15, 0.2) is 18.2 Å². The summed E-state index contributed by atoms with van der Waals surface area (Å²) < 4.78 is 7.17. The molecule has 0 saturated carbocycles. The highest BCUT2D eigenvalue weighted by atomic mass is 32.1. The number of H-pyrrole nitrogens is 1. The molecular formula is C15H19N3O2S2. The summed E-state index contributed by atoms with van der Waals surface area (Å²) in [5.74, 6) is 0. The van der Waals surface area contributed by atoms with Crippen LogP contribution in [0.2, 0.25) is 0 Å². The van der Waals surface area contributed by atoms with Crippen LogP contribution in [-0.2, 0) is 4.74 Å².